The van der Waals surface area contributed by atoms with Gasteiger partial charge in [-0.05, 0) is 12.3 Å². The molecule has 0 saturated heterocycles. The maximum absolute atomic E-state index is 11.1. The van der Waals surface area contributed by atoms with Crippen LogP contribution in [0.15, 0.2) is 4.52 Å². The minimum Gasteiger partial charge on any atom is -0.481 e. The molecule has 2 rings (SSSR count). The Kier molecular flexibility index (Phi) is 6.83. The summed E-state index contributed by atoms with van der Waals surface area (Å²) in [5.74, 6) is 0.692. The van der Waals surface area contributed by atoms with E-state index < -0.39 is 5.97 Å². The van der Waals surface area contributed by atoms with Gasteiger partial charge in [-0.3, -0.25) is 4.79 Å². The molecule has 1 aromatic heterocycles. The van der Waals surface area contributed by atoms with Crippen LogP contribution in [0, 0.1) is 5.92 Å². The molecule has 1 atom stereocenters. The number of carbonyl (C=O) groups is 1. The van der Waals surface area contributed by atoms with Gasteiger partial charge in [0.2, 0.25) is 5.89 Å². The highest BCUT2D eigenvalue weighted by Crippen LogP contribution is 2.31. The van der Waals surface area contributed by atoms with Crippen LogP contribution in [0.2, 0.25) is 0 Å². The molecule has 1 saturated carbocycles. The van der Waals surface area contributed by atoms with Gasteiger partial charge < -0.3 is 14.4 Å². The van der Waals surface area contributed by atoms with E-state index in [2.05, 4.69) is 10.1 Å². The van der Waals surface area contributed by atoms with Crippen LogP contribution in [0.4, 0.5) is 0 Å². The van der Waals surface area contributed by atoms with E-state index in [1.807, 2.05) is 0 Å². The van der Waals surface area contributed by atoms with Crippen molar-refractivity contribution in [1.29, 1.82) is 0 Å². The normalized spacial score (nSPS) is 17.5. The average Bonchev–Trinajstić information content (AvgIpc) is 2.96. The van der Waals surface area contributed by atoms with Crippen molar-refractivity contribution in [2.75, 3.05) is 7.11 Å². The number of carboxylic acid groups (broad SMARTS) is 1. The largest absolute Gasteiger partial charge is 0.481 e. The van der Waals surface area contributed by atoms with Gasteiger partial charge in [0.1, 0.15) is 6.61 Å². The fraction of sp³-hybridized carbons (Fsp3) is 0.812. The number of rotatable bonds is 9. The molecule has 6 nitrogen and oxygen atoms in total. The predicted molar refractivity (Wildman–Crippen MR) is 80.4 cm³/mol. The third-order valence-electron chi connectivity index (χ3n) is 4.42. The van der Waals surface area contributed by atoms with Crippen molar-refractivity contribution in [3.8, 4) is 0 Å². The van der Waals surface area contributed by atoms with E-state index in [4.69, 9.17) is 14.4 Å². The topological polar surface area (TPSA) is 85.5 Å². The van der Waals surface area contributed by atoms with Crippen LogP contribution in [0.3, 0.4) is 0 Å². The van der Waals surface area contributed by atoms with Crippen molar-refractivity contribution in [3.63, 3.8) is 0 Å². The molecule has 0 radical (unpaired) electrons. The molecule has 1 fully saturated rings. The standard InChI is InChI=1S/C16H26N2O4/c1-21-11-14-17-16(22-18-14)13(10-15(19)20)9-5-8-12-6-3-2-4-7-12/h12-13H,2-11H2,1H3,(H,19,20). The van der Waals surface area contributed by atoms with Crippen molar-refractivity contribution in [2.24, 2.45) is 5.92 Å². The number of aromatic nitrogens is 2. The van der Waals surface area contributed by atoms with E-state index in [0.29, 0.717) is 11.7 Å². The summed E-state index contributed by atoms with van der Waals surface area (Å²) < 4.78 is 10.2. The van der Waals surface area contributed by atoms with Gasteiger partial charge >= 0.3 is 5.97 Å². The molecule has 0 spiro atoms. The van der Waals surface area contributed by atoms with Crippen LogP contribution in [0.25, 0.3) is 0 Å². The van der Waals surface area contributed by atoms with E-state index >= 15 is 0 Å². The second-order valence-electron chi connectivity index (χ2n) is 6.21. The maximum Gasteiger partial charge on any atom is 0.304 e. The second-order valence-corrected chi connectivity index (χ2v) is 6.21. The first kappa shape index (κ1) is 16.9. The molecular weight excluding hydrogens is 284 g/mol. The number of methoxy groups -OCH3 is 1. The van der Waals surface area contributed by atoms with Crippen LogP contribution in [-0.2, 0) is 16.1 Å². The van der Waals surface area contributed by atoms with Gasteiger partial charge in [0.05, 0.1) is 6.42 Å². The lowest BCUT2D eigenvalue weighted by atomic mass is 9.84. The van der Waals surface area contributed by atoms with Crippen LogP contribution in [0.1, 0.15) is 75.4 Å². The smallest absolute Gasteiger partial charge is 0.304 e. The van der Waals surface area contributed by atoms with Crippen molar-refractivity contribution >= 4 is 5.97 Å². The first-order valence-corrected chi connectivity index (χ1v) is 8.22. The molecule has 0 aliphatic heterocycles. The molecule has 124 valence electrons. The quantitative estimate of drug-likeness (QED) is 0.751. The van der Waals surface area contributed by atoms with Gasteiger partial charge in [0.25, 0.3) is 0 Å². The summed E-state index contributed by atoms with van der Waals surface area (Å²) in [5.41, 5.74) is 0. The van der Waals surface area contributed by atoms with Crippen LogP contribution in [-0.4, -0.2) is 28.3 Å². The van der Waals surface area contributed by atoms with E-state index in [1.165, 1.54) is 38.5 Å². The SMILES string of the molecule is COCc1noc(C(CCCC2CCCCC2)CC(=O)O)n1. The Labute approximate surface area is 131 Å². The molecule has 0 bridgehead atoms. The van der Waals surface area contributed by atoms with E-state index in [9.17, 15) is 4.79 Å². The molecule has 6 heteroatoms. The third kappa shape index (κ3) is 5.40. The van der Waals surface area contributed by atoms with E-state index in [1.54, 1.807) is 7.11 Å². The number of hydrogen-bond donors (Lipinski definition) is 1. The molecule has 1 aliphatic rings. The summed E-state index contributed by atoms with van der Waals surface area (Å²) in [7, 11) is 1.56. The van der Waals surface area contributed by atoms with Gasteiger partial charge in [0.15, 0.2) is 5.82 Å². The average molecular weight is 310 g/mol. The minimum atomic E-state index is -0.825. The molecule has 1 N–H and O–H groups in total. The fourth-order valence-corrected chi connectivity index (χ4v) is 3.27. The Hall–Kier alpha value is -1.43. The minimum absolute atomic E-state index is 0.0410. The van der Waals surface area contributed by atoms with Gasteiger partial charge in [-0.15, -0.1) is 0 Å². The van der Waals surface area contributed by atoms with E-state index in [-0.39, 0.29) is 18.9 Å². The second kappa shape index (κ2) is 8.88. The molecule has 0 aromatic carbocycles. The van der Waals surface area contributed by atoms with Crippen molar-refractivity contribution in [1.82, 2.24) is 10.1 Å². The molecule has 1 unspecified atom stereocenters. The molecule has 1 aromatic rings. The first-order chi connectivity index (χ1) is 10.7. The van der Waals surface area contributed by atoms with Gasteiger partial charge in [-0.25, -0.2) is 0 Å². The summed E-state index contributed by atoms with van der Waals surface area (Å²) in [4.78, 5) is 15.3. The zero-order valence-electron chi connectivity index (χ0n) is 13.3. The highest BCUT2D eigenvalue weighted by Gasteiger charge is 2.23. The lowest BCUT2D eigenvalue weighted by Gasteiger charge is -2.21. The Morgan fingerprint density at radius 3 is 2.86 bits per heavy atom. The summed E-state index contributed by atoms with van der Waals surface area (Å²) in [6.07, 6.45) is 9.71. The lowest BCUT2D eigenvalue weighted by molar-refractivity contribution is -0.137. The molecule has 1 heterocycles. The van der Waals surface area contributed by atoms with Crippen LogP contribution < -0.4 is 0 Å². The zero-order chi connectivity index (χ0) is 15.8. The third-order valence-corrected chi connectivity index (χ3v) is 4.42. The zero-order valence-corrected chi connectivity index (χ0v) is 13.3. The molecule has 0 amide bonds. The number of carboxylic acids is 1. The van der Waals surface area contributed by atoms with Gasteiger partial charge in [-0.2, -0.15) is 4.98 Å². The monoisotopic (exact) mass is 310 g/mol. The van der Waals surface area contributed by atoms with Gasteiger partial charge in [-0.1, -0.05) is 50.1 Å². The van der Waals surface area contributed by atoms with Gasteiger partial charge in [0, 0.05) is 13.0 Å². The Balaban J connectivity index is 1.86. The highest BCUT2D eigenvalue weighted by molar-refractivity contribution is 5.67. The van der Waals surface area contributed by atoms with Crippen LogP contribution >= 0.6 is 0 Å². The first-order valence-electron chi connectivity index (χ1n) is 8.22. The Morgan fingerprint density at radius 1 is 1.41 bits per heavy atom. The molecule has 22 heavy (non-hydrogen) atoms. The predicted octanol–water partition coefficient (Wildman–Crippen LogP) is 3.52. The summed E-state index contributed by atoms with van der Waals surface area (Å²) >= 11 is 0. The van der Waals surface area contributed by atoms with E-state index in [0.717, 1.165) is 18.8 Å². The van der Waals surface area contributed by atoms with Crippen molar-refractivity contribution < 1.29 is 19.2 Å². The number of aliphatic carboxylic acids is 1. The van der Waals surface area contributed by atoms with Crippen LogP contribution in [0.5, 0.6) is 0 Å². The Morgan fingerprint density at radius 2 is 2.18 bits per heavy atom. The maximum atomic E-state index is 11.1. The van der Waals surface area contributed by atoms with Crippen molar-refractivity contribution in [3.05, 3.63) is 11.7 Å². The lowest BCUT2D eigenvalue weighted by Crippen LogP contribution is -2.10. The Bertz CT molecular complexity index is 455. The number of ether oxygens (including phenoxy) is 1. The molecule has 1 aliphatic carbocycles. The summed E-state index contributed by atoms with van der Waals surface area (Å²) in [6.45, 7) is 0.283. The number of nitrogens with zero attached hydrogens (tertiary/aromatic N) is 2. The summed E-state index contributed by atoms with van der Waals surface area (Å²) in [6, 6.07) is 0. The molecular formula is C16H26N2O4. The fourth-order valence-electron chi connectivity index (χ4n) is 3.27. The van der Waals surface area contributed by atoms with Crippen molar-refractivity contribution in [2.45, 2.75) is 70.3 Å². The highest BCUT2D eigenvalue weighted by atomic mass is 16.5. The summed E-state index contributed by atoms with van der Waals surface area (Å²) in [5, 5.41) is 12.9. The number of hydrogen-bond acceptors (Lipinski definition) is 5.